The van der Waals surface area contributed by atoms with E-state index in [1.165, 1.54) is 0 Å². The number of ether oxygens (including phenoxy) is 2. The Kier molecular flexibility index (Phi) is 4.44. The summed E-state index contributed by atoms with van der Waals surface area (Å²) < 4.78 is 10.6. The SMILES string of the molecule is CCOc1ccc(CN=C(N)N)cc1OC. The van der Waals surface area contributed by atoms with Crippen LogP contribution in [0.3, 0.4) is 0 Å². The maximum atomic E-state index is 5.40. The van der Waals surface area contributed by atoms with Crippen LogP contribution in [0, 0.1) is 0 Å². The van der Waals surface area contributed by atoms with Gasteiger partial charge in [0.2, 0.25) is 0 Å². The van der Waals surface area contributed by atoms with Gasteiger partial charge in [-0.25, -0.2) is 4.99 Å². The Morgan fingerprint density at radius 2 is 2.06 bits per heavy atom. The van der Waals surface area contributed by atoms with Crippen molar-refractivity contribution in [2.75, 3.05) is 13.7 Å². The molecule has 4 N–H and O–H groups in total. The highest BCUT2D eigenvalue weighted by Crippen LogP contribution is 2.28. The van der Waals surface area contributed by atoms with E-state index in [1.54, 1.807) is 7.11 Å². The lowest BCUT2D eigenvalue weighted by Crippen LogP contribution is -2.22. The molecule has 0 fully saturated rings. The fourth-order valence-corrected chi connectivity index (χ4v) is 1.27. The van der Waals surface area contributed by atoms with Crippen molar-refractivity contribution < 1.29 is 9.47 Å². The summed E-state index contributed by atoms with van der Waals surface area (Å²) in [6.45, 7) is 2.96. The first-order chi connectivity index (χ1) is 7.67. The van der Waals surface area contributed by atoms with Gasteiger partial charge in [0, 0.05) is 0 Å². The molecule has 16 heavy (non-hydrogen) atoms. The van der Waals surface area contributed by atoms with Crippen LogP contribution in [0.1, 0.15) is 12.5 Å². The molecule has 0 aliphatic heterocycles. The Bertz CT molecular complexity index is 373. The number of guanidine groups is 1. The van der Waals surface area contributed by atoms with Crippen molar-refractivity contribution >= 4 is 5.96 Å². The van der Waals surface area contributed by atoms with Gasteiger partial charge in [0.15, 0.2) is 17.5 Å². The maximum Gasteiger partial charge on any atom is 0.186 e. The summed E-state index contributed by atoms with van der Waals surface area (Å²) in [6, 6.07) is 5.61. The highest BCUT2D eigenvalue weighted by molar-refractivity contribution is 5.75. The lowest BCUT2D eigenvalue weighted by atomic mass is 10.2. The number of hydrogen-bond donors (Lipinski definition) is 2. The van der Waals surface area contributed by atoms with Gasteiger partial charge in [-0.15, -0.1) is 0 Å². The predicted octanol–water partition coefficient (Wildman–Crippen LogP) is 0.867. The number of nitrogens with zero attached hydrogens (tertiary/aromatic N) is 1. The Labute approximate surface area is 95.1 Å². The molecule has 0 saturated heterocycles. The molecule has 1 aromatic rings. The third-order valence-electron chi connectivity index (χ3n) is 1.97. The van der Waals surface area contributed by atoms with E-state index in [4.69, 9.17) is 20.9 Å². The van der Waals surface area contributed by atoms with Gasteiger partial charge in [0.25, 0.3) is 0 Å². The predicted molar refractivity (Wildman–Crippen MR) is 63.7 cm³/mol. The minimum Gasteiger partial charge on any atom is -0.493 e. The van der Waals surface area contributed by atoms with E-state index in [1.807, 2.05) is 25.1 Å². The van der Waals surface area contributed by atoms with Crippen molar-refractivity contribution in [2.24, 2.45) is 16.5 Å². The molecule has 0 radical (unpaired) electrons. The molecule has 0 spiro atoms. The van der Waals surface area contributed by atoms with Gasteiger partial charge in [-0.2, -0.15) is 0 Å². The topological polar surface area (TPSA) is 82.9 Å². The molecule has 0 atom stereocenters. The van der Waals surface area contributed by atoms with E-state index in [0.29, 0.717) is 18.9 Å². The average Bonchev–Trinajstić information content (AvgIpc) is 2.28. The number of benzene rings is 1. The van der Waals surface area contributed by atoms with Crippen molar-refractivity contribution in [3.8, 4) is 11.5 Å². The molecule has 5 heteroatoms. The Hall–Kier alpha value is -1.91. The summed E-state index contributed by atoms with van der Waals surface area (Å²) in [4.78, 5) is 3.92. The molecule has 0 aromatic heterocycles. The van der Waals surface area contributed by atoms with Crippen LogP contribution in [0.25, 0.3) is 0 Å². The van der Waals surface area contributed by atoms with Gasteiger partial charge >= 0.3 is 0 Å². The summed E-state index contributed by atoms with van der Waals surface area (Å²) in [5.74, 6) is 1.48. The second kappa shape index (κ2) is 5.85. The second-order valence-corrected chi connectivity index (χ2v) is 3.16. The number of methoxy groups -OCH3 is 1. The molecule has 0 aliphatic rings. The zero-order chi connectivity index (χ0) is 12.0. The van der Waals surface area contributed by atoms with Crippen LogP contribution >= 0.6 is 0 Å². The largest absolute Gasteiger partial charge is 0.493 e. The van der Waals surface area contributed by atoms with Gasteiger partial charge < -0.3 is 20.9 Å². The maximum absolute atomic E-state index is 5.40. The van der Waals surface area contributed by atoms with E-state index >= 15 is 0 Å². The van der Waals surface area contributed by atoms with E-state index in [9.17, 15) is 0 Å². The second-order valence-electron chi connectivity index (χ2n) is 3.16. The molecule has 5 nitrogen and oxygen atoms in total. The van der Waals surface area contributed by atoms with Crippen molar-refractivity contribution in [3.63, 3.8) is 0 Å². The smallest absolute Gasteiger partial charge is 0.186 e. The first-order valence-electron chi connectivity index (χ1n) is 5.02. The molecule has 1 aromatic carbocycles. The number of aliphatic imine (C=N–C) groups is 1. The van der Waals surface area contributed by atoms with Crippen LogP contribution in [0.5, 0.6) is 11.5 Å². The van der Waals surface area contributed by atoms with Crippen molar-refractivity contribution in [1.29, 1.82) is 0 Å². The third kappa shape index (κ3) is 3.34. The fraction of sp³-hybridized carbons (Fsp3) is 0.364. The average molecular weight is 223 g/mol. The number of rotatable bonds is 5. The van der Waals surface area contributed by atoms with E-state index in [2.05, 4.69) is 4.99 Å². The molecular formula is C11H17N3O2. The van der Waals surface area contributed by atoms with E-state index < -0.39 is 0 Å². The van der Waals surface area contributed by atoms with Crippen LogP contribution in [-0.2, 0) is 6.54 Å². The molecule has 88 valence electrons. The van der Waals surface area contributed by atoms with Gasteiger partial charge in [-0.3, -0.25) is 0 Å². The van der Waals surface area contributed by atoms with Crippen LogP contribution in [-0.4, -0.2) is 19.7 Å². The normalized spacial score (nSPS) is 9.62. The van der Waals surface area contributed by atoms with Gasteiger partial charge in [0.1, 0.15) is 0 Å². The first kappa shape index (κ1) is 12.2. The molecule has 0 aliphatic carbocycles. The standard InChI is InChI=1S/C11H17N3O2/c1-3-16-9-5-4-8(6-10(9)15-2)7-14-11(12)13/h4-6H,3,7H2,1-2H3,(H4,12,13,14). The zero-order valence-corrected chi connectivity index (χ0v) is 9.56. The first-order valence-corrected chi connectivity index (χ1v) is 5.02. The fourth-order valence-electron chi connectivity index (χ4n) is 1.27. The highest BCUT2D eigenvalue weighted by atomic mass is 16.5. The highest BCUT2D eigenvalue weighted by Gasteiger charge is 2.04. The minimum absolute atomic E-state index is 0.0767. The van der Waals surface area contributed by atoms with E-state index in [0.717, 1.165) is 11.3 Å². The molecule has 0 bridgehead atoms. The lowest BCUT2D eigenvalue weighted by Gasteiger charge is -2.10. The Balaban J connectivity index is 2.86. The van der Waals surface area contributed by atoms with Crippen LogP contribution in [0.2, 0.25) is 0 Å². The van der Waals surface area contributed by atoms with Gasteiger partial charge in [-0.1, -0.05) is 6.07 Å². The van der Waals surface area contributed by atoms with Gasteiger partial charge in [-0.05, 0) is 24.6 Å². The third-order valence-corrected chi connectivity index (χ3v) is 1.97. The summed E-state index contributed by atoms with van der Waals surface area (Å²) in [7, 11) is 1.60. The Morgan fingerprint density at radius 3 is 2.62 bits per heavy atom. The Morgan fingerprint density at radius 1 is 1.31 bits per heavy atom. The summed E-state index contributed by atoms with van der Waals surface area (Å²) >= 11 is 0. The molecule has 0 unspecified atom stereocenters. The number of nitrogens with two attached hydrogens (primary N) is 2. The van der Waals surface area contributed by atoms with Crippen LogP contribution in [0.15, 0.2) is 23.2 Å². The van der Waals surface area contributed by atoms with Crippen LogP contribution in [0.4, 0.5) is 0 Å². The molecular weight excluding hydrogens is 206 g/mol. The van der Waals surface area contributed by atoms with Crippen molar-refractivity contribution in [1.82, 2.24) is 0 Å². The minimum atomic E-state index is 0.0767. The van der Waals surface area contributed by atoms with Gasteiger partial charge in [0.05, 0.1) is 20.3 Å². The quantitative estimate of drug-likeness (QED) is 0.573. The monoisotopic (exact) mass is 223 g/mol. The molecule has 0 heterocycles. The summed E-state index contributed by atoms with van der Waals surface area (Å²) in [5, 5.41) is 0. The van der Waals surface area contributed by atoms with Crippen LogP contribution < -0.4 is 20.9 Å². The lowest BCUT2D eigenvalue weighted by molar-refractivity contribution is 0.310. The van der Waals surface area contributed by atoms with E-state index in [-0.39, 0.29) is 5.96 Å². The van der Waals surface area contributed by atoms with Crippen molar-refractivity contribution in [2.45, 2.75) is 13.5 Å². The van der Waals surface area contributed by atoms with Crippen molar-refractivity contribution in [3.05, 3.63) is 23.8 Å². The number of hydrogen-bond acceptors (Lipinski definition) is 3. The molecule has 0 saturated carbocycles. The summed E-state index contributed by atoms with van der Waals surface area (Å²) in [5.41, 5.74) is 11.5. The molecule has 0 amide bonds. The summed E-state index contributed by atoms with van der Waals surface area (Å²) in [6.07, 6.45) is 0. The molecule has 1 rings (SSSR count). The zero-order valence-electron chi connectivity index (χ0n) is 9.56.